The summed E-state index contributed by atoms with van der Waals surface area (Å²) in [6.45, 7) is 5.88. The van der Waals surface area contributed by atoms with Crippen molar-refractivity contribution >= 4 is 17.2 Å². The molecule has 1 atom stereocenters. The Morgan fingerprint density at radius 2 is 2.38 bits per heavy atom. The maximum absolute atomic E-state index is 11.5. The first-order valence-corrected chi connectivity index (χ1v) is 6.55. The lowest BCUT2D eigenvalue weighted by Crippen LogP contribution is -2.47. The minimum absolute atomic E-state index is 0.00615. The van der Waals surface area contributed by atoms with Gasteiger partial charge in [0.15, 0.2) is 0 Å². The molecule has 0 spiro atoms. The first kappa shape index (κ1) is 11.6. The van der Waals surface area contributed by atoms with Crippen LogP contribution in [0.15, 0.2) is 6.07 Å². The predicted molar refractivity (Wildman–Crippen MR) is 66.7 cm³/mol. The number of thiophene rings is 1. The Kier molecular flexibility index (Phi) is 3.61. The number of piperidine rings is 1. The molecule has 88 valence electrons. The first-order valence-electron chi connectivity index (χ1n) is 5.74. The molecule has 1 unspecified atom stereocenters. The summed E-state index contributed by atoms with van der Waals surface area (Å²) >= 11 is 1.82. The summed E-state index contributed by atoms with van der Waals surface area (Å²) in [5.41, 5.74) is 1.32. The van der Waals surface area contributed by atoms with Crippen molar-refractivity contribution in [2.24, 2.45) is 0 Å². The van der Waals surface area contributed by atoms with E-state index in [-0.39, 0.29) is 11.9 Å². The van der Waals surface area contributed by atoms with Gasteiger partial charge in [0.25, 0.3) is 0 Å². The van der Waals surface area contributed by atoms with Gasteiger partial charge in [-0.2, -0.15) is 0 Å². The van der Waals surface area contributed by atoms with E-state index in [1.54, 1.807) is 0 Å². The van der Waals surface area contributed by atoms with Gasteiger partial charge in [0, 0.05) is 22.8 Å². The van der Waals surface area contributed by atoms with E-state index in [0.717, 1.165) is 25.9 Å². The molecule has 0 bridgehead atoms. The minimum atomic E-state index is -0.00615. The smallest absolute Gasteiger partial charge is 0.237 e. The predicted octanol–water partition coefficient (Wildman–Crippen LogP) is 1.73. The number of hydrogen-bond acceptors (Lipinski definition) is 3. The molecule has 1 aromatic heterocycles. The van der Waals surface area contributed by atoms with Gasteiger partial charge < -0.3 is 10.6 Å². The van der Waals surface area contributed by atoms with Crippen LogP contribution >= 0.6 is 11.3 Å². The molecular weight excluding hydrogens is 220 g/mol. The zero-order valence-electron chi connectivity index (χ0n) is 9.80. The first-order chi connectivity index (χ1) is 7.66. The SMILES string of the molecule is Cc1cc(CNC2CCCNC2=O)c(C)s1. The van der Waals surface area contributed by atoms with Crippen LogP contribution in [0.4, 0.5) is 0 Å². The maximum atomic E-state index is 11.5. The Hall–Kier alpha value is -0.870. The van der Waals surface area contributed by atoms with Gasteiger partial charge in [-0.05, 0) is 38.3 Å². The van der Waals surface area contributed by atoms with Gasteiger partial charge in [-0.15, -0.1) is 11.3 Å². The average Bonchev–Trinajstić information content (AvgIpc) is 2.56. The van der Waals surface area contributed by atoms with Gasteiger partial charge in [0.1, 0.15) is 0 Å². The zero-order chi connectivity index (χ0) is 11.5. The molecule has 1 saturated heterocycles. The van der Waals surface area contributed by atoms with Crippen LogP contribution < -0.4 is 10.6 Å². The van der Waals surface area contributed by atoms with Crippen LogP contribution in [-0.2, 0) is 11.3 Å². The van der Waals surface area contributed by atoms with Crippen LogP contribution in [0.1, 0.15) is 28.2 Å². The highest BCUT2D eigenvalue weighted by atomic mass is 32.1. The highest BCUT2D eigenvalue weighted by Gasteiger charge is 2.21. The fraction of sp³-hybridized carbons (Fsp3) is 0.583. The summed E-state index contributed by atoms with van der Waals surface area (Å²) in [6, 6.07) is 2.20. The topological polar surface area (TPSA) is 41.1 Å². The van der Waals surface area contributed by atoms with Gasteiger partial charge in [0.05, 0.1) is 6.04 Å². The van der Waals surface area contributed by atoms with Gasteiger partial charge >= 0.3 is 0 Å². The molecule has 1 aliphatic rings. The van der Waals surface area contributed by atoms with Crippen LogP contribution in [0.5, 0.6) is 0 Å². The third kappa shape index (κ3) is 2.62. The molecular formula is C12H18N2OS. The lowest BCUT2D eigenvalue weighted by molar-refractivity contribution is -0.124. The quantitative estimate of drug-likeness (QED) is 0.842. The molecule has 1 aromatic rings. The molecule has 3 nitrogen and oxygen atoms in total. The average molecular weight is 238 g/mol. The third-order valence-electron chi connectivity index (χ3n) is 2.97. The van der Waals surface area contributed by atoms with Crippen molar-refractivity contribution in [2.75, 3.05) is 6.54 Å². The number of hydrogen-bond donors (Lipinski definition) is 2. The molecule has 0 aliphatic carbocycles. The van der Waals surface area contributed by atoms with Gasteiger partial charge in [-0.25, -0.2) is 0 Å². The zero-order valence-corrected chi connectivity index (χ0v) is 10.6. The van der Waals surface area contributed by atoms with Crippen LogP contribution in [0.2, 0.25) is 0 Å². The van der Waals surface area contributed by atoms with E-state index >= 15 is 0 Å². The van der Waals surface area contributed by atoms with Crippen LogP contribution in [0, 0.1) is 13.8 Å². The summed E-state index contributed by atoms with van der Waals surface area (Å²) in [4.78, 5) is 14.2. The molecule has 0 aromatic carbocycles. The van der Waals surface area contributed by atoms with Crippen molar-refractivity contribution < 1.29 is 4.79 Å². The normalized spacial score (nSPS) is 20.9. The molecule has 16 heavy (non-hydrogen) atoms. The molecule has 1 aliphatic heterocycles. The number of carbonyl (C=O) groups excluding carboxylic acids is 1. The third-order valence-corrected chi connectivity index (χ3v) is 3.98. The molecule has 2 heterocycles. The maximum Gasteiger partial charge on any atom is 0.237 e. The Bertz CT molecular complexity index is 386. The van der Waals surface area contributed by atoms with E-state index in [0.29, 0.717) is 0 Å². The largest absolute Gasteiger partial charge is 0.355 e. The van der Waals surface area contributed by atoms with Crippen molar-refractivity contribution in [3.05, 3.63) is 21.4 Å². The number of amides is 1. The summed E-state index contributed by atoms with van der Waals surface area (Å²) in [6.07, 6.45) is 2.03. The van der Waals surface area contributed by atoms with Gasteiger partial charge in [0.2, 0.25) is 5.91 Å². The van der Waals surface area contributed by atoms with Gasteiger partial charge in [-0.3, -0.25) is 4.79 Å². The van der Waals surface area contributed by atoms with E-state index in [2.05, 4.69) is 30.5 Å². The fourth-order valence-corrected chi connectivity index (χ4v) is 3.01. The van der Waals surface area contributed by atoms with E-state index < -0.39 is 0 Å². The second-order valence-electron chi connectivity index (χ2n) is 4.31. The summed E-state index contributed by atoms with van der Waals surface area (Å²) in [5.74, 6) is 0.149. The Morgan fingerprint density at radius 1 is 1.56 bits per heavy atom. The number of carbonyl (C=O) groups is 1. The molecule has 0 radical (unpaired) electrons. The molecule has 2 rings (SSSR count). The second-order valence-corrected chi connectivity index (χ2v) is 5.77. The Labute approximate surface area is 100 Å². The van der Waals surface area contributed by atoms with Crippen molar-refractivity contribution in [1.82, 2.24) is 10.6 Å². The standard InChI is InChI=1S/C12H18N2OS/c1-8-6-10(9(2)16-8)7-14-11-4-3-5-13-12(11)15/h6,11,14H,3-5,7H2,1-2H3,(H,13,15). The number of rotatable bonds is 3. The lowest BCUT2D eigenvalue weighted by Gasteiger charge is -2.22. The highest BCUT2D eigenvalue weighted by Crippen LogP contribution is 2.20. The van der Waals surface area contributed by atoms with Crippen molar-refractivity contribution in [1.29, 1.82) is 0 Å². The Balaban J connectivity index is 1.91. The summed E-state index contributed by atoms with van der Waals surface area (Å²) < 4.78 is 0. The Morgan fingerprint density at radius 3 is 3.00 bits per heavy atom. The van der Waals surface area contributed by atoms with E-state index in [1.165, 1.54) is 15.3 Å². The molecule has 0 saturated carbocycles. The monoisotopic (exact) mass is 238 g/mol. The van der Waals surface area contributed by atoms with Crippen LogP contribution in [0.25, 0.3) is 0 Å². The highest BCUT2D eigenvalue weighted by molar-refractivity contribution is 7.12. The second kappa shape index (κ2) is 4.97. The minimum Gasteiger partial charge on any atom is -0.355 e. The van der Waals surface area contributed by atoms with Crippen LogP contribution in [-0.4, -0.2) is 18.5 Å². The molecule has 1 fully saturated rings. The summed E-state index contributed by atoms with van der Waals surface area (Å²) in [5, 5.41) is 6.23. The number of aryl methyl sites for hydroxylation is 2. The number of nitrogens with one attached hydrogen (secondary N) is 2. The lowest BCUT2D eigenvalue weighted by atomic mass is 10.1. The van der Waals surface area contributed by atoms with Crippen LogP contribution in [0.3, 0.4) is 0 Å². The van der Waals surface area contributed by atoms with Gasteiger partial charge in [-0.1, -0.05) is 0 Å². The van der Waals surface area contributed by atoms with Crippen molar-refractivity contribution in [3.63, 3.8) is 0 Å². The fourth-order valence-electron chi connectivity index (χ4n) is 2.06. The van der Waals surface area contributed by atoms with Crippen molar-refractivity contribution in [2.45, 2.75) is 39.3 Å². The molecule has 1 amide bonds. The van der Waals surface area contributed by atoms with Crippen molar-refractivity contribution in [3.8, 4) is 0 Å². The van der Waals surface area contributed by atoms with E-state index in [4.69, 9.17) is 0 Å². The molecule has 4 heteroatoms. The summed E-state index contributed by atoms with van der Waals surface area (Å²) in [7, 11) is 0. The van der Waals surface area contributed by atoms with E-state index in [9.17, 15) is 4.79 Å². The molecule has 2 N–H and O–H groups in total. The van der Waals surface area contributed by atoms with E-state index in [1.807, 2.05) is 11.3 Å².